The highest BCUT2D eigenvalue weighted by molar-refractivity contribution is 7.21. The molecule has 0 fully saturated rings. The summed E-state index contributed by atoms with van der Waals surface area (Å²) in [6, 6.07) is 11.2. The maximum Gasteiger partial charge on any atom is 0.268 e. The number of nitrogens with zero attached hydrogens (tertiary/aromatic N) is 1. The lowest BCUT2D eigenvalue weighted by molar-refractivity contribution is 0.103. The van der Waals surface area contributed by atoms with Gasteiger partial charge in [0.05, 0.1) is 24.0 Å². The molecule has 0 unspecified atom stereocenters. The largest absolute Gasteiger partial charge is 0.495 e. The Labute approximate surface area is 171 Å². The molecule has 5 nitrogen and oxygen atoms in total. The third-order valence-corrected chi connectivity index (χ3v) is 6.07. The molecule has 1 amide bonds. The van der Waals surface area contributed by atoms with Crippen LogP contribution >= 0.6 is 22.9 Å². The Morgan fingerprint density at radius 1 is 1.14 bits per heavy atom. The number of aromatic nitrogens is 1. The molecule has 7 heteroatoms. The third kappa shape index (κ3) is 3.04. The number of rotatable bonds is 3. The summed E-state index contributed by atoms with van der Waals surface area (Å²) >= 11 is 7.33. The maximum absolute atomic E-state index is 12.9. The number of benzene rings is 2. The second-order valence-corrected chi connectivity index (χ2v) is 8.02. The molecule has 2 aromatic carbocycles. The predicted octanol–water partition coefficient (Wildman–Crippen LogP) is 5.56. The first-order valence-electron chi connectivity index (χ1n) is 8.63. The van der Waals surface area contributed by atoms with Crippen molar-refractivity contribution >= 4 is 61.3 Å². The number of ether oxygens (including phenoxy) is 1. The number of hydrogen-bond acceptors (Lipinski definition) is 5. The van der Waals surface area contributed by atoms with E-state index >= 15 is 0 Å². The highest BCUT2D eigenvalue weighted by atomic mass is 35.5. The van der Waals surface area contributed by atoms with Gasteiger partial charge >= 0.3 is 0 Å². The third-order valence-electron chi connectivity index (χ3n) is 4.72. The molecule has 0 saturated heterocycles. The molecule has 4 rings (SSSR count). The molecule has 2 heterocycles. The highest BCUT2D eigenvalue weighted by Crippen LogP contribution is 2.37. The minimum Gasteiger partial charge on any atom is -0.495 e. The van der Waals surface area contributed by atoms with E-state index in [1.54, 1.807) is 18.2 Å². The molecule has 0 bridgehead atoms. The number of nitrogens with two attached hydrogens (primary N) is 1. The molecule has 3 N–H and O–H groups in total. The van der Waals surface area contributed by atoms with Gasteiger partial charge in [0, 0.05) is 15.8 Å². The zero-order chi connectivity index (χ0) is 20.0. The molecule has 0 saturated carbocycles. The summed E-state index contributed by atoms with van der Waals surface area (Å²) < 4.78 is 5.29. The Morgan fingerprint density at radius 2 is 1.89 bits per heavy atom. The molecule has 0 spiro atoms. The number of amides is 1. The number of halogens is 1. The number of nitrogens with one attached hydrogen (secondary N) is 1. The van der Waals surface area contributed by atoms with E-state index in [9.17, 15) is 4.79 Å². The van der Waals surface area contributed by atoms with Crippen LogP contribution in [0.5, 0.6) is 5.75 Å². The Morgan fingerprint density at radius 3 is 2.64 bits per heavy atom. The summed E-state index contributed by atoms with van der Waals surface area (Å²) in [6.07, 6.45) is 0. The lowest BCUT2D eigenvalue weighted by Crippen LogP contribution is -2.12. The smallest absolute Gasteiger partial charge is 0.268 e. The number of carbonyl (C=O) groups is 1. The molecule has 0 aliphatic carbocycles. The number of nitrogen functional groups attached to an aromatic ring is 1. The minimum absolute atomic E-state index is 0.321. The quantitative estimate of drug-likeness (QED) is 0.462. The van der Waals surface area contributed by atoms with Gasteiger partial charge in [0.25, 0.3) is 5.91 Å². The summed E-state index contributed by atoms with van der Waals surface area (Å²) in [6.45, 7) is 4.06. The topological polar surface area (TPSA) is 77.2 Å². The van der Waals surface area contributed by atoms with Crippen LogP contribution in [0.25, 0.3) is 21.1 Å². The van der Waals surface area contributed by atoms with Crippen LogP contribution in [0.1, 0.15) is 20.8 Å². The first kappa shape index (κ1) is 18.5. The summed E-state index contributed by atoms with van der Waals surface area (Å²) in [5, 5.41) is 5.17. The second kappa shape index (κ2) is 6.96. The first-order chi connectivity index (χ1) is 13.4. The molecule has 2 aromatic heterocycles. The lowest BCUT2D eigenvalue weighted by Gasteiger charge is -2.10. The van der Waals surface area contributed by atoms with Crippen LogP contribution in [0.3, 0.4) is 0 Å². The van der Waals surface area contributed by atoms with E-state index in [1.165, 1.54) is 18.4 Å². The normalized spacial score (nSPS) is 11.1. The Kier molecular flexibility index (Phi) is 4.61. The Bertz CT molecular complexity index is 1250. The zero-order valence-electron chi connectivity index (χ0n) is 15.6. The summed E-state index contributed by atoms with van der Waals surface area (Å²) in [5.41, 5.74) is 10.4. The van der Waals surface area contributed by atoms with E-state index in [2.05, 4.69) is 11.4 Å². The number of pyridine rings is 1. The second-order valence-electron chi connectivity index (χ2n) is 6.58. The van der Waals surface area contributed by atoms with Crippen molar-refractivity contribution in [2.45, 2.75) is 13.8 Å². The number of aryl methyl sites for hydroxylation is 2. The van der Waals surface area contributed by atoms with Crippen molar-refractivity contribution in [1.82, 2.24) is 4.98 Å². The minimum atomic E-state index is -0.321. The number of methoxy groups -OCH3 is 1. The van der Waals surface area contributed by atoms with Gasteiger partial charge in [-0.3, -0.25) is 4.79 Å². The summed E-state index contributed by atoms with van der Waals surface area (Å²) in [4.78, 5) is 18.8. The SMILES string of the molecule is COc1ccc(Cl)cc1NC(=O)c1sc2nc3c(C)ccc(C)c3cc2c1N. The Balaban J connectivity index is 1.81. The predicted molar refractivity (Wildman–Crippen MR) is 117 cm³/mol. The van der Waals surface area contributed by atoms with Gasteiger partial charge in [-0.15, -0.1) is 11.3 Å². The molecular weight excluding hydrogens is 394 g/mol. The van der Waals surface area contributed by atoms with Crippen LogP contribution in [-0.4, -0.2) is 18.0 Å². The fourth-order valence-corrected chi connectivity index (χ4v) is 4.33. The molecule has 4 aromatic rings. The molecule has 142 valence electrons. The number of thiophene rings is 1. The molecule has 28 heavy (non-hydrogen) atoms. The van der Waals surface area contributed by atoms with E-state index in [1.807, 2.05) is 26.0 Å². The van der Waals surface area contributed by atoms with Crippen molar-refractivity contribution in [3.05, 3.63) is 57.4 Å². The monoisotopic (exact) mass is 411 g/mol. The van der Waals surface area contributed by atoms with E-state index in [0.29, 0.717) is 27.0 Å². The van der Waals surface area contributed by atoms with Crippen molar-refractivity contribution in [3.63, 3.8) is 0 Å². The van der Waals surface area contributed by atoms with Crippen LogP contribution < -0.4 is 15.8 Å². The van der Waals surface area contributed by atoms with E-state index in [4.69, 9.17) is 27.1 Å². The van der Waals surface area contributed by atoms with Gasteiger partial charge in [-0.2, -0.15) is 0 Å². The summed E-state index contributed by atoms with van der Waals surface area (Å²) in [7, 11) is 1.53. The fourth-order valence-electron chi connectivity index (χ4n) is 3.19. The van der Waals surface area contributed by atoms with Gasteiger partial charge in [-0.1, -0.05) is 23.7 Å². The average Bonchev–Trinajstić information content (AvgIpc) is 3.00. The lowest BCUT2D eigenvalue weighted by atomic mass is 10.0. The fraction of sp³-hybridized carbons (Fsp3) is 0.143. The van der Waals surface area contributed by atoms with Gasteiger partial charge in [0.2, 0.25) is 0 Å². The van der Waals surface area contributed by atoms with Gasteiger partial charge in [-0.25, -0.2) is 4.98 Å². The molecular formula is C21H18ClN3O2S. The van der Waals surface area contributed by atoms with Crippen LogP contribution in [0.15, 0.2) is 36.4 Å². The first-order valence-corrected chi connectivity index (χ1v) is 9.82. The number of hydrogen-bond donors (Lipinski definition) is 2. The average molecular weight is 412 g/mol. The number of fused-ring (bicyclic) bond motifs is 2. The molecule has 0 radical (unpaired) electrons. The van der Waals surface area contributed by atoms with Crippen LogP contribution in [0.2, 0.25) is 5.02 Å². The Hall–Kier alpha value is -2.83. The van der Waals surface area contributed by atoms with Gasteiger partial charge in [0.1, 0.15) is 15.5 Å². The van der Waals surface area contributed by atoms with Gasteiger partial charge < -0.3 is 15.8 Å². The highest BCUT2D eigenvalue weighted by Gasteiger charge is 2.20. The summed E-state index contributed by atoms with van der Waals surface area (Å²) in [5.74, 6) is 0.200. The van der Waals surface area contributed by atoms with Gasteiger partial charge in [-0.05, 0) is 49.2 Å². The standard InChI is InChI=1S/C21H18ClN3O2S/c1-10-4-5-11(2)18-13(10)9-14-17(23)19(28-21(14)25-18)20(26)24-15-8-12(22)6-7-16(15)27-3/h4-9H,23H2,1-3H3,(H,24,26). The number of carbonyl (C=O) groups excluding carboxylic acids is 1. The molecule has 0 aliphatic rings. The van der Waals surface area contributed by atoms with Crippen LogP contribution in [0.4, 0.5) is 11.4 Å². The molecule has 0 atom stereocenters. The van der Waals surface area contributed by atoms with Gasteiger partial charge in [0.15, 0.2) is 0 Å². The van der Waals surface area contributed by atoms with E-state index in [0.717, 1.165) is 32.2 Å². The maximum atomic E-state index is 12.9. The molecule has 0 aliphatic heterocycles. The van der Waals surface area contributed by atoms with Crippen molar-refractivity contribution < 1.29 is 9.53 Å². The zero-order valence-corrected chi connectivity index (χ0v) is 17.2. The van der Waals surface area contributed by atoms with Crippen LogP contribution in [0, 0.1) is 13.8 Å². The van der Waals surface area contributed by atoms with E-state index in [-0.39, 0.29) is 5.91 Å². The van der Waals surface area contributed by atoms with Crippen molar-refractivity contribution in [3.8, 4) is 5.75 Å². The van der Waals surface area contributed by atoms with E-state index < -0.39 is 0 Å². The van der Waals surface area contributed by atoms with Crippen molar-refractivity contribution in [1.29, 1.82) is 0 Å². The van der Waals surface area contributed by atoms with Crippen molar-refractivity contribution in [2.75, 3.05) is 18.2 Å². The number of anilines is 2. The van der Waals surface area contributed by atoms with Crippen LogP contribution in [-0.2, 0) is 0 Å². The van der Waals surface area contributed by atoms with Crippen molar-refractivity contribution in [2.24, 2.45) is 0 Å².